The van der Waals surface area contributed by atoms with E-state index in [-0.39, 0.29) is 29.6 Å². The Morgan fingerprint density at radius 1 is 1.00 bits per heavy atom. The summed E-state index contributed by atoms with van der Waals surface area (Å²) < 4.78 is 44.5. The first-order valence-corrected chi connectivity index (χ1v) is 11.4. The smallest absolute Gasteiger partial charge is 0.329 e. The number of rotatable bonds is 8. The molecule has 166 valence electrons. The van der Waals surface area contributed by atoms with E-state index < -0.39 is 22.0 Å². The monoisotopic (exact) mass is 449 g/mol. The summed E-state index contributed by atoms with van der Waals surface area (Å²) in [5.41, 5.74) is 1.42. The highest BCUT2D eigenvalue weighted by Gasteiger charge is 2.33. The van der Waals surface area contributed by atoms with Gasteiger partial charge >= 0.3 is 11.9 Å². The van der Waals surface area contributed by atoms with Crippen molar-refractivity contribution in [3.05, 3.63) is 54.3 Å². The maximum absolute atomic E-state index is 13.1. The van der Waals surface area contributed by atoms with Crippen LogP contribution >= 0.6 is 0 Å². The summed E-state index contributed by atoms with van der Waals surface area (Å²) in [5, 5.41) is 0. The van der Waals surface area contributed by atoms with Gasteiger partial charge in [0.15, 0.2) is 0 Å². The zero-order valence-electron chi connectivity index (χ0n) is 17.1. The SMILES string of the molecule is COC(=O)CCN(OC(=O)C1CCCC1)S(=O)(=O)c1ccc(-c2ccc(F)cc2)cc1. The molecule has 1 fully saturated rings. The van der Waals surface area contributed by atoms with E-state index in [0.29, 0.717) is 22.9 Å². The van der Waals surface area contributed by atoms with E-state index in [1.54, 1.807) is 24.3 Å². The molecule has 7 nitrogen and oxygen atoms in total. The number of nitrogens with zero attached hydrogens (tertiary/aromatic N) is 1. The van der Waals surface area contributed by atoms with Crippen molar-refractivity contribution >= 4 is 22.0 Å². The van der Waals surface area contributed by atoms with E-state index in [4.69, 9.17) is 4.84 Å². The van der Waals surface area contributed by atoms with Crippen molar-refractivity contribution in [3.8, 4) is 11.1 Å². The lowest BCUT2D eigenvalue weighted by Gasteiger charge is -2.22. The summed E-state index contributed by atoms with van der Waals surface area (Å²) in [6.07, 6.45) is 2.81. The minimum atomic E-state index is -4.21. The molecule has 2 aromatic rings. The summed E-state index contributed by atoms with van der Waals surface area (Å²) in [4.78, 5) is 29.1. The number of sulfonamides is 1. The topological polar surface area (TPSA) is 90.0 Å². The quantitative estimate of drug-likeness (QED) is 0.451. The Morgan fingerprint density at radius 2 is 1.55 bits per heavy atom. The predicted octanol–water partition coefficient (Wildman–Crippen LogP) is 3.69. The van der Waals surface area contributed by atoms with Crippen LogP contribution in [0.4, 0.5) is 4.39 Å². The molecule has 0 aromatic heterocycles. The summed E-state index contributed by atoms with van der Waals surface area (Å²) in [7, 11) is -3.02. The molecule has 0 N–H and O–H groups in total. The van der Waals surface area contributed by atoms with Crippen molar-refractivity contribution in [3.63, 3.8) is 0 Å². The van der Waals surface area contributed by atoms with Crippen molar-refractivity contribution in [1.82, 2.24) is 4.47 Å². The van der Waals surface area contributed by atoms with Gasteiger partial charge in [0, 0.05) is 0 Å². The molecule has 0 aliphatic heterocycles. The summed E-state index contributed by atoms with van der Waals surface area (Å²) >= 11 is 0. The number of ether oxygens (including phenoxy) is 1. The second kappa shape index (κ2) is 10.0. The lowest BCUT2D eigenvalue weighted by atomic mass is 10.1. The van der Waals surface area contributed by atoms with Crippen LogP contribution in [0.5, 0.6) is 0 Å². The first-order valence-electron chi connectivity index (χ1n) is 9.98. The van der Waals surface area contributed by atoms with E-state index in [1.807, 2.05) is 0 Å². The fourth-order valence-electron chi connectivity index (χ4n) is 3.42. The van der Waals surface area contributed by atoms with Crippen molar-refractivity contribution in [2.75, 3.05) is 13.7 Å². The molecular formula is C22H24FNO6S. The number of carbonyl (C=O) groups is 2. The molecule has 31 heavy (non-hydrogen) atoms. The van der Waals surface area contributed by atoms with Gasteiger partial charge in [-0.05, 0) is 52.7 Å². The average Bonchev–Trinajstić information content (AvgIpc) is 3.32. The van der Waals surface area contributed by atoms with Gasteiger partial charge in [-0.25, -0.2) is 12.8 Å². The Hall–Kier alpha value is -2.78. The van der Waals surface area contributed by atoms with Gasteiger partial charge in [0.05, 0.1) is 30.9 Å². The minimum Gasteiger partial charge on any atom is -0.469 e. The number of hydroxylamine groups is 1. The predicted molar refractivity (Wildman–Crippen MR) is 110 cm³/mol. The molecule has 0 radical (unpaired) electrons. The third-order valence-corrected chi connectivity index (χ3v) is 6.87. The largest absolute Gasteiger partial charge is 0.469 e. The Balaban J connectivity index is 1.82. The van der Waals surface area contributed by atoms with Gasteiger partial charge in [-0.2, -0.15) is 0 Å². The minimum absolute atomic E-state index is 0.0950. The zero-order valence-corrected chi connectivity index (χ0v) is 17.9. The second-order valence-corrected chi connectivity index (χ2v) is 9.11. The van der Waals surface area contributed by atoms with Crippen LogP contribution < -0.4 is 0 Å². The normalized spacial score (nSPS) is 14.5. The fraction of sp³-hybridized carbons (Fsp3) is 0.364. The first-order chi connectivity index (χ1) is 14.8. The second-order valence-electron chi connectivity index (χ2n) is 7.28. The van der Waals surface area contributed by atoms with Crippen LogP contribution in [-0.2, 0) is 29.2 Å². The Bertz CT molecular complexity index is 1010. The zero-order chi connectivity index (χ0) is 22.4. The molecule has 0 amide bonds. The number of carbonyl (C=O) groups excluding carboxylic acids is 2. The molecule has 2 aromatic carbocycles. The van der Waals surface area contributed by atoms with Crippen molar-refractivity contribution < 1.29 is 32.0 Å². The van der Waals surface area contributed by atoms with Crippen LogP contribution in [0.3, 0.4) is 0 Å². The Kier molecular flexibility index (Phi) is 7.40. The number of hydrogen-bond donors (Lipinski definition) is 0. The molecule has 3 rings (SSSR count). The molecule has 0 atom stereocenters. The molecule has 9 heteroatoms. The van der Waals surface area contributed by atoms with Crippen LogP contribution in [0.15, 0.2) is 53.4 Å². The maximum Gasteiger partial charge on any atom is 0.329 e. The number of halogens is 1. The van der Waals surface area contributed by atoms with Gasteiger partial charge in [0.25, 0.3) is 10.0 Å². The number of methoxy groups -OCH3 is 1. The molecule has 1 aliphatic carbocycles. The van der Waals surface area contributed by atoms with Crippen molar-refractivity contribution in [2.45, 2.75) is 37.0 Å². The van der Waals surface area contributed by atoms with Crippen LogP contribution in [-0.4, -0.2) is 38.5 Å². The van der Waals surface area contributed by atoms with Crippen LogP contribution in [0.25, 0.3) is 11.1 Å². The number of hydrogen-bond acceptors (Lipinski definition) is 6. The van der Waals surface area contributed by atoms with Gasteiger partial charge in [-0.1, -0.05) is 37.1 Å². The van der Waals surface area contributed by atoms with E-state index in [2.05, 4.69) is 4.74 Å². The van der Waals surface area contributed by atoms with Crippen LogP contribution in [0.1, 0.15) is 32.1 Å². The molecule has 0 saturated heterocycles. The highest BCUT2D eigenvalue weighted by Crippen LogP contribution is 2.28. The third-order valence-electron chi connectivity index (χ3n) is 5.20. The average molecular weight is 450 g/mol. The number of esters is 1. The maximum atomic E-state index is 13.1. The van der Waals surface area contributed by atoms with Crippen LogP contribution in [0.2, 0.25) is 0 Å². The lowest BCUT2D eigenvalue weighted by molar-refractivity contribution is -0.176. The van der Waals surface area contributed by atoms with Gasteiger partial charge in [0.2, 0.25) is 0 Å². The van der Waals surface area contributed by atoms with E-state index in [1.165, 1.54) is 31.4 Å². The lowest BCUT2D eigenvalue weighted by Crippen LogP contribution is -2.37. The van der Waals surface area contributed by atoms with Gasteiger partial charge in [0.1, 0.15) is 5.82 Å². The first kappa shape index (κ1) is 22.9. The van der Waals surface area contributed by atoms with E-state index in [9.17, 15) is 22.4 Å². The van der Waals surface area contributed by atoms with Gasteiger partial charge < -0.3 is 9.57 Å². The molecule has 0 heterocycles. The summed E-state index contributed by atoms with van der Waals surface area (Å²) in [6, 6.07) is 11.7. The fourth-order valence-corrected chi connectivity index (χ4v) is 4.63. The molecule has 1 saturated carbocycles. The highest BCUT2D eigenvalue weighted by molar-refractivity contribution is 7.89. The molecular weight excluding hydrogens is 425 g/mol. The van der Waals surface area contributed by atoms with Crippen molar-refractivity contribution in [2.24, 2.45) is 5.92 Å². The third kappa shape index (κ3) is 5.68. The highest BCUT2D eigenvalue weighted by atomic mass is 32.2. The van der Waals surface area contributed by atoms with Gasteiger partial charge in [-0.15, -0.1) is 0 Å². The standard InChI is InChI=1S/C22H24FNO6S/c1-29-21(25)14-15-24(30-22(26)18-4-2-3-5-18)31(27,28)20-12-8-17(9-13-20)16-6-10-19(23)11-7-16/h6-13,18H,2-5,14-15H2,1H3. The van der Waals surface area contributed by atoms with Crippen molar-refractivity contribution in [1.29, 1.82) is 0 Å². The number of benzene rings is 2. The Morgan fingerprint density at radius 3 is 2.10 bits per heavy atom. The molecule has 0 unspecified atom stereocenters. The Labute approximate surface area is 180 Å². The molecule has 0 spiro atoms. The van der Waals surface area contributed by atoms with E-state index in [0.717, 1.165) is 18.4 Å². The molecule has 0 bridgehead atoms. The molecule has 1 aliphatic rings. The van der Waals surface area contributed by atoms with Crippen LogP contribution in [0, 0.1) is 11.7 Å². The summed E-state index contributed by atoms with van der Waals surface area (Å²) in [6.45, 7) is -0.354. The summed E-state index contributed by atoms with van der Waals surface area (Å²) in [5.74, 6) is -1.96. The van der Waals surface area contributed by atoms with E-state index >= 15 is 0 Å². The van der Waals surface area contributed by atoms with Gasteiger partial charge in [-0.3, -0.25) is 9.59 Å².